The average Bonchev–Trinajstić information content (AvgIpc) is 1.81. The number of nitrogens with one attached hydrogen (secondary N) is 1. The van der Waals surface area contributed by atoms with Gasteiger partial charge in [0.2, 0.25) is 0 Å². The number of rotatable bonds is 3. The van der Waals surface area contributed by atoms with Gasteiger partial charge in [-0.1, -0.05) is 25.2 Å². The molecule has 10 heavy (non-hydrogen) atoms. The fourth-order valence-electron chi connectivity index (χ4n) is 0.773. The van der Waals surface area contributed by atoms with Crippen LogP contribution in [0.15, 0.2) is 23.8 Å². The van der Waals surface area contributed by atoms with Crippen molar-refractivity contribution in [3.05, 3.63) is 23.8 Å². The quantitative estimate of drug-likeness (QED) is 0.457. The second-order valence-electron chi connectivity index (χ2n) is 2.49. The molecule has 0 radical (unpaired) electrons. The molecule has 0 saturated heterocycles. The second-order valence-corrected chi connectivity index (χ2v) is 2.49. The van der Waals surface area contributed by atoms with Crippen LogP contribution < -0.4 is 0 Å². The summed E-state index contributed by atoms with van der Waals surface area (Å²) < 4.78 is 0. The lowest BCUT2D eigenvalue weighted by molar-refractivity contribution is 1.15. The molecule has 0 aliphatic heterocycles. The Morgan fingerprint density at radius 1 is 1.50 bits per heavy atom. The van der Waals surface area contributed by atoms with Crippen LogP contribution in [0.25, 0.3) is 0 Å². The summed E-state index contributed by atoms with van der Waals surface area (Å²) in [5.74, 6) is 0. The lowest BCUT2D eigenvalue weighted by Crippen LogP contribution is -1.93. The molecule has 1 nitrogen and oxygen atoms in total. The maximum Gasteiger partial charge on any atom is 0.0314 e. The predicted octanol–water partition coefficient (Wildman–Crippen LogP) is 2.94. The lowest BCUT2D eigenvalue weighted by atomic mass is 10.1. The van der Waals surface area contributed by atoms with Gasteiger partial charge in [0.1, 0.15) is 0 Å². The van der Waals surface area contributed by atoms with E-state index in [1.54, 1.807) is 6.92 Å². The van der Waals surface area contributed by atoms with Crippen LogP contribution in [0.3, 0.4) is 0 Å². The van der Waals surface area contributed by atoms with E-state index >= 15 is 0 Å². The number of hydrogen-bond donors (Lipinski definition) is 1. The molecule has 56 valence electrons. The van der Waals surface area contributed by atoms with Crippen LogP contribution in [0.5, 0.6) is 0 Å². The van der Waals surface area contributed by atoms with Gasteiger partial charge in [-0.05, 0) is 25.8 Å². The van der Waals surface area contributed by atoms with Gasteiger partial charge in [-0.2, -0.15) is 0 Å². The predicted molar refractivity (Wildman–Crippen MR) is 46.6 cm³/mol. The number of hydrogen-bond acceptors (Lipinski definition) is 1. The smallest absolute Gasteiger partial charge is 0.0314 e. The van der Waals surface area contributed by atoms with Crippen LogP contribution in [0.2, 0.25) is 0 Å². The summed E-state index contributed by atoms with van der Waals surface area (Å²) in [6, 6.07) is 0. The van der Waals surface area contributed by atoms with E-state index in [2.05, 4.69) is 6.58 Å². The van der Waals surface area contributed by atoms with E-state index in [-0.39, 0.29) is 0 Å². The Hall–Kier alpha value is -0.850. The molecule has 0 atom stereocenters. The molecule has 1 heteroatoms. The van der Waals surface area contributed by atoms with Crippen LogP contribution in [-0.2, 0) is 0 Å². The Balaban J connectivity index is 4.34. The van der Waals surface area contributed by atoms with E-state index in [1.807, 2.05) is 19.9 Å². The first-order valence-electron chi connectivity index (χ1n) is 3.49. The van der Waals surface area contributed by atoms with E-state index in [0.29, 0.717) is 5.71 Å². The number of allylic oxidation sites excluding steroid dienone is 3. The first-order chi connectivity index (χ1) is 4.57. The second kappa shape index (κ2) is 4.04. The van der Waals surface area contributed by atoms with Gasteiger partial charge in [-0.3, -0.25) is 0 Å². The van der Waals surface area contributed by atoms with E-state index in [1.165, 1.54) is 0 Å². The Morgan fingerprint density at radius 3 is 2.10 bits per heavy atom. The van der Waals surface area contributed by atoms with Crippen molar-refractivity contribution in [3.8, 4) is 0 Å². The van der Waals surface area contributed by atoms with Gasteiger partial charge >= 0.3 is 0 Å². The first-order valence-corrected chi connectivity index (χ1v) is 3.49. The van der Waals surface area contributed by atoms with Crippen molar-refractivity contribution in [1.29, 1.82) is 5.41 Å². The molecule has 0 unspecified atom stereocenters. The molecule has 0 fully saturated rings. The van der Waals surface area contributed by atoms with Gasteiger partial charge in [0.15, 0.2) is 0 Å². The first kappa shape index (κ1) is 9.15. The molecule has 0 aliphatic rings. The summed E-state index contributed by atoms with van der Waals surface area (Å²) in [6.45, 7) is 9.55. The highest BCUT2D eigenvalue weighted by Crippen LogP contribution is 2.05. The molecule has 0 amide bonds. The molecular weight excluding hydrogens is 122 g/mol. The van der Waals surface area contributed by atoms with Crippen molar-refractivity contribution in [1.82, 2.24) is 0 Å². The Morgan fingerprint density at radius 2 is 2.00 bits per heavy atom. The van der Waals surface area contributed by atoms with Crippen molar-refractivity contribution in [2.24, 2.45) is 0 Å². The van der Waals surface area contributed by atoms with E-state index in [9.17, 15) is 0 Å². The molecule has 0 saturated carbocycles. The topological polar surface area (TPSA) is 23.9 Å². The maximum atomic E-state index is 7.34. The highest BCUT2D eigenvalue weighted by atomic mass is 14.4. The van der Waals surface area contributed by atoms with E-state index in [0.717, 1.165) is 17.6 Å². The summed E-state index contributed by atoms with van der Waals surface area (Å²) in [4.78, 5) is 0. The van der Waals surface area contributed by atoms with Crippen LogP contribution >= 0.6 is 0 Å². The third kappa shape index (κ3) is 3.23. The highest BCUT2D eigenvalue weighted by Gasteiger charge is 1.94. The minimum Gasteiger partial charge on any atom is -0.305 e. The van der Waals surface area contributed by atoms with Crippen LogP contribution in [0.1, 0.15) is 27.2 Å². The lowest BCUT2D eigenvalue weighted by Gasteiger charge is -1.99. The Bertz CT molecular complexity index is 175. The molecule has 1 N–H and O–H groups in total. The van der Waals surface area contributed by atoms with Crippen molar-refractivity contribution in [3.63, 3.8) is 0 Å². The summed E-state index contributed by atoms with van der Waals surface area (Å²) in [7, 11) is 0. The van der Waals surface area contributed by atoms with Gasteiger partial charge < -0.3 is 5.41 Å². The molecular formula is C9H15N. The molecule has 0 aliphatic carbocycles. The van der Waals surface area contributed by atoms with Gasteiger partial charge in [0, 0.05) is 5.71 Å². The third-order valence-electron chi connectivity index (χ3n) is 1.28. The van der Waals surface area contributed by atoms with Gasteiger partial charge in [0.25, 0.3) is 0 Å². The molecule has 0 bridgehead atoms. The monoisotopic (exact) mass is 137 g/mol. The van der Waals surface area contributed by atoms with Crippen molar-refractivity contribution in [2.75, 3.05) is 0 Å². The van der Waals surface area contributed by atoms with Gasteiger partial charge in [0.05, 0.1) is 0 Å². The zero-order chi connectivity index (χ0) is 8.15. The van der Waals surface area contributed by atoms with E-state index < -0.39 is 0 Å². The summed E-state index contributed by atoms with van der Waals surface area (Å²) in [5.41, 5.74) is 2.74. The molecule has 0 spiro atoms. The van der Waals surface area contributed by atoms with Crippen LogP contribution in [0, 0.1) is 5.41 Å². The molecule has 0 aromatic rings. The Kier molecular flexibility index (Phi) is 3.70. The standard InChI is InChI=1S/C9H15N/c1-5-9(8(4)10)6-7(2)3/h6,10H,2,5H2,1,3-4H3/b9-6-,10-8?. The largest absolute Gasteiger partial charge is 0.305 e. The van der Waals surface area contributed by atoms with Gasteiger partial charge in [-0.25, -0.2) is 0 Å². The fraction of sp³-hybridized carbons (Fsp3) is 0.444. The molecule has 0 rings (SSSR count). The molecule has 0 aromatic carbocycles. The summed E-state index contributed by atoms with van der Waals surface area (Å²) in [6.07, 6.45) is 2.88. The highest BCUT2D eigenvalue weighted by molar-refractivity contribution is 5.95. The molecule has 0 aromatic heterocycles. The summed E-state index contributed by atoms with van der Waals surface area (Å²) in [5, 5.41) is 7.34. The summed E-state index contributed by atoms with van der Waals surface area (Å²) >= 11 is 0. The minimum absolute atomic E-state index is 0.644. The zero-order valence-corrected chi connectivity index (χ0v) is 6.99. The van der Waals surface area contributed by atoms with Crippen molar-refractivity contribution >= 4 is 5.71 Å². The van der Waals surface area contributed by atoms with Crippen LogP contribution in [-0.4, -0.2) is 5.71 Å². The van der Waals surface area contributed by atoms with E-state index in [4.69, 9.17) is 5.41 Å². The maximum absolute atomic E-state index is 7.34. The van der Waals surface area contributed by atoms with Gasteiger partial charge in [-0.15, -0.1) is 0 Å². The van der Waals surface area contributed by atoms with Crippen LogP contribution in [0.4, 0.5) is 0 Å². The van der Waals surface area contributed by atoms with Crippen molar-refractivity contribution in [2.45, 2.75) is 27.2 Å². The fourth-order valence-corrected chi connectivity index (χ4v) is 0.773. The SMILES string of the molecule is C=C(C)/C=C(/CC)C(C)=N. The third-order valence-corrected chi connectivity index (χ3v) is 1.28. The molecule has 0 heterocycles. The average molecular weight is 137 g/mol. The minimum atomic E-state index is 0.644. The zero-order valence-electron chi connectivity index (χ0n) is 6.99. The van der Waals surface area contributed by atoms with Crippen molar-refractivity contribution < 1.29 is 0 Å². The normalized spacial score (nSPS) is 11.3. The Labute approximate surface area is 63.0 Å².